The molecule has 0 bridgehead atoms. The summed E-state index contributed by atoms with van der Waals surface area (Å²) in [5, 5.41) is 0. The first-order valence-corrected chi connectivity index (χ1v) is 11.9. The van der Waals surface area contributed by atoms with Crippen molar-refractivity contribution in [3.63, 3.8) is 0 Å². The standard InChI is InChI=1S/C27H36N4O/c1-3-29(22-26-11-7-16-31(26)25-10-5-14-28-19-25)20-24-9-6-15-30(21-24)17-13-23-8-4-12-27(18-23)32-2/h4-5,7-8,10-12,14,16,18-19,24H,3,6,9,13,15,17,20-22H2,1-2H3. The van der Waals surface area contributed by atoms with E-state index in [1.54, 1.807) is 7.11 Å². The zero-order chi connectivity index (χ0) is 22.2. The van der Waals surface area contributed by atoms with Gasteiger partial charge in [-0.1, -0.05) is 19.1 Å². The lowest BCUT2D eigenvalue weighted by molar-refractivity contribution is 0.132. The Kier molecular flexibility index (Phi) is 7.97. The molecule has 5 nitrogen and oxygen atoms in total. The summed E-state index contributed by atoms with van der Waals surface area (Å²) < 4.78 is 7.64. The second-order valence-electron chi connectivity index (χ2n) is 8.82. The molecule has 0 amide bonds. The zero-order valence-electron chi connectivity index (χ0n) is 19.5. The Morgan fingerprint density at radius 3 is 2.91 bits per heavy atom. The van der Waals surface area contributed by atoms with Crippen molar-refractivity contribution in [3.8, 4) is 11.4 Å². The molecule has 2 aromatic heterocycles. The Balaban J connectivity index is 1.31. The molecule has 1 aliphatic heterocycles. The van der Waals surface area contributed by atoms with Crippen LogP contribution < -0.4 is 4.74 Å². The molecule has 0 radical (unpaired) electrons. The quantitative estimate of drug-likeness (QED) is 0.467. The first-order chi connectivity index (χ1) is 15.7. The van der Waals surface area contributed by atoms with Gasteiger partial charge in [0.25, 0.3) is 0 Å². The Labute approximate surface area is 192 Å². The lowest BCUT2D eigenvalue weighted by atomic mass is 9.96. The van der Waals surface area contributed by atoms with E-state index in [4.69, 9.17) is 4.74 Å². The molecule has 32 heavy (non-hydrogen) atoms. The molecule has 1 aromatic carbocycles. The highest BCUT2D eigenvalue weighted by atomic mass is 16.5. The Hall–Kier alpha value is -2.63. The highest BCUT2D eigenvalue weighted by Crippen LogP contribution is 2.21. The van der Waals surface area contributed by atoms with Crippen LogP contribution in [0.2, 0.25) is 0 Å². The number of pyridine rings is 1. The smallest absolute Gasteiger partial charge is 0.119 e. The van der Waals surface area contributed by atoms with Crippen LogP contribution in [0.3, 0.4) is 0 Å². The van der Waals surface area contributed by atoms with Gasteiger partial charge < -0.3 is 14.2 Å². The molecule has 4 rings (SSSR count). The van der Waals surface area contributed by atoms with Gasteiger partial charge in [-0.3, -0.25) is 9.88 Å². The Bertz CT molecular complexity index is 955. The second-order valence-corrected chi connectivity index (χ2v) is 8.82. The van der Waals surface area contributed by atoms with Gasteiger partial charge >= 0.3 is 0 Å². The maximum Gasteiger partial charge on any atom is 0.119 e. The van der Waals surface area contributed by atoms with Crippen molar-refractivity contribution < 1.29 is 4.74 Å². The SMILES string of the molecule is CCN(Cc1cccn1-c1cccnc1)CC1CCCN(CCc2cccc(OC)c2)C1. The number of aromatic nitrogens is 2. The van der Waals surface area contributed by atoms with E-state index in [2.05, 4.69) is 68.9 Å². The van der Waals surface area contributed by atoms with Gasteiger partial charge in [-0.25, -0.2) is 0 Å². The minimum absolute atomic E-state index is 0.732. The lowest BCUT2D eigenvalue weighted by Crippen LogP contribution is -2.41. The largest absolute Gasteiger partial charge is 0.497 e. The van der Waals surface area contributed by atoms with Crippen molar-refractivity contribution >= 4 is 0 Å². The van der Waals surface area contributed by atoms with Crippen LogP contribution in [0.5, 0.6) is 5.75 Å². The van der Waals surface area contributed by atoms with Gasteiger partial charge in [0.1, 0.15) is 5.75 Å². The first-order valence-electron chi connectivity index (χ1n) is 11.9. The van der Waals surface area contributed by atoms with Crippen LogP contribution >= 0.6 is 0 Å². The third-order valence-corrected chi connectivity index (χ3v) is 6.56. The van der Waals surface area contributed by atoms with Crippen molar-refractivity contribution in [1.29, 1.82) is 0 Å². The van der Waals surface area contributed by atoms with Crippen LogP contribution in [-0.4, -0.2) is 59.2 Å². The van der Waals surface area contributed by atoms with E-state index >= 15 is 0 Å². The van der Waals surface area contributed by atoms with Crippen molar-refractivity contribution in [2.24, 2.45) is 5.92 Å². The fraction of sp³-hybridized carbons (Fsp3) is 0.444. The number of nitrogens with zero attached hydrogens (tertiary/aromatic N) is 4. The lowest BCUT2D eigenvalue weighted by Gasteiger charge is -2.35. The Morgan fingerprint density at radius 1 is 1.16 bits per heavy atom. The molecule has 0 N–H and O–H groups in total. The fourth-order valence-electron chi connectivity index (χ4n) is 4.81. The van der Waals surface area contributed by atoms with Gasteiger partial charge in [-0.15, -0.1) is 0 Å². The van der Waals surface area contributed by atoms with Crippen molar-refractivity contribution in [1.82, 2.24) is 19.4 Å². The number of hydrogen-bond donors (Lipinski definition) is 0. The predicted molar refractivity (Wildman–Crippen MR) is 130 cm³/mol. The topological polar surface area (TPSA) is 33.5 Å². The molecule has 170 valence electrons. The van der Waals surface area contributed by atoms with Crippen molar-refractivity contribution in [2.45, 2.75) is 32.7 Å². The van der Waals surface area contributed by atoms with E-state index in [-0.39, 0.29) is 0 Å². The number of piperidine rings is 1. The molecule has 1 fully saturated rings. The number of rotatable bonds is 10. The van der Waals surface area contributed by atoms with Crippen molar-refractivity contribution in [3.05, 3.63) is 78.4 Å². The van der Waals surface area contributed by atoms with Gasteiger partial charge in [-0.2, -0.15) is 0 Å². The summed E-state index contributed by atoms with van der Waals surface area (Å²) >= 11 is 0. The second kappa shape index (κ2) is 11.3. The van der Waals surface area contributed by atoms with Gasteiger partial charge in [0.05, 0.1) is 19.0 Å². The normalized spacial score (nSPS) is 17.0. The van der Waals surface area contributed by atoms with E-state index < -0.39 is 0 Å². The van der Waals surface area contributed by atoms with E-state index in [0.29, 0.717) is 0 Å². The highest BCUT2D eigenvalue weighted by molar-refractivity contribution is 5.32. The third-order valence-electron chi connectivity index (χ3n) is 6.56. The number of benzene rings is 1. The third kappa shape index (κ3) is 5.99. The molecule has 1 atom stereocenters. The first kappa shape index (κ1) is 22.6. The molecule has 1 unspecified atom stereocenters. The molecular weight excluding hydrogens is 396 g/mol. The zero-order valence-corrected chi connectivity index (χ0v) is 19.5. The summed E-state index contributed by atoms with van der Waals surface area (Å²) in [6.07, 6.45) is 9.61. The molecule has 1 saturated heterocycles. The van der Waals surface area contributed by atoms with Gasteiger partial charge in [0.2, 0.25) is 0 Å². The number of methoxy groups -OCH3 is 1. The maximum absolute atomic E-state index is 5.38. The summed E-state index contributed by atoms with van der Waals surface area (Å²) in [6.45, 7) is 9.02. The molecule has 0 saturated carbocycles. The highest BCUT2D eigenvalue weighted by Gasteiger charge is 2.22. The van der Waals surface area contributed by atoms with E-state index in [0.717, 1.165) is 50.0 Å². The molecule has 3 aromatic rings. The van der Waals surface area contributed by atoms with E-state index in [9.17, 15) is 0 Å². The van der Waals surface area contributed by atoms with Crippen LogP contribution in [0.15, 0.2) is 67.1 Å². The van der Waals surface area contributed by atoms with Crippen LogP contribution in [0.4, 0.5) is 0 Å². The predicted octanol–water partition coefficient (Wildman–Crippen LogP) is 4.66. The molecular formula is C27H36N4O. The summed E-state index contributed by atoms with van der Waals surface area (Å²) in [6, 6.07) is 17.0. The summed E-state index contributed by atoms with van der Waals surface area (Å²) in [5.74, 6) is 1.68. The number of hydrogen-bond acceptors (Lipinski definition) is 4. The van der Waals surface area contributed by atoms with Crippen LogP contribution in [-0.2, 0) is 13.0 Å². The maximum atomic E-state index is 5.38. The molecule has 0 spiro atoms. The molecule has 5 heteroatoms. The fourth-order valence-corrected chi connectivity index (χ4v) is 4.81. The van der Waals surface area contributed by atoms with Gasteiger partial charge in [0.15, 0.2) is 0 Å². The molecule has 3 heterocycles. The van der Waals surface area contributed by atoms with Crippen LogP contribution in [0.1, 0.15) is 31.0 Å². The van der Waals surface area contributed by atoms with E-state index in [1.165, 1.54) is 37.2 Å². The molecule has 0 aliphatic carbocycles. The van der Waals surface area contributed by atoms with Crippen LogP contribution in [0.25, 0.3) is 5.69 Å². The van der Waals surface area contributed by atoms with Gasteiger partial charge in [-0.05, 0) is 80.2 Å². The Morgan fingerprint density at radius 2 is 2.09 bits per heavy atom. The minimum atomic E-state index is 0.732. The number of ether oxygens (including phenoxy) is 1. The minimum Gasteiger partial charge on any atom is -0.497 e. The summed E-state index contributed by atoms with van der Waals surface area (Å²) in [7, 11) is 1.74. The average Bonchev–Trinajstić information content (AvgIpc) is 3.31. The van der Waals surface area contributed by atoms with Gasteiger partial charge in [0, 0.05) is 44.3 Å². The summed E-state index contributed by atoms with van der Waals surface area (Å²) in [4.78, 5) is 9.53. The van der Waals surface area contributed by atoms with E-state index in [1.807, 2.05) is 24.5 Å². The monoisotopic (exact) mass is 432 g/mol. The molecule has 1 aliphatic rings. The average molecular weight is 433 g/mol. The van der Waals surface area contributed by atoms with Crippen molar-refractivity contribution in [2.75, 3.05) is 39.8 Å². The summed E-state index contributed by atoms with van der Waals surface area (Å²) in [5.41, 5.74) is 3.81. The van der Waals surface area contributed by atoms with Crippen LogP contribution in [0, 0.1) is 5.92 Å². The number of likely N-dealkylation sites (tertiary alicyclic amines) is 1.